The zero-order valence-corrected chi connectivity index (χ0v) is 11.5. The predicted octanol–water partition coefficient (Wildman–Crippen LogP) is 2.96. The second-order valence-corrected chi connectivity index (χ2v) is 4.60. The zero-order valence-electron chi connectivity index (χ0n) is 10.7. The first-order chi connectivity index (χ1) is 9.13. The molecule has 2 rings (SSSR count). The number of hydrogen-bond acceptors (Lipinski definition) is 5. The minimum atomic E-state index is -0.106. The van der Waals surface area contributed by atoms with Crippen LogP contribution in [0.1, 0.15) is 38.3 Å². The Labute approximate surface area is 115 Å². The molecule has 6 nitrogen and oxygen atoms in total. The number of imidazole rings is 1. The molecule has 2 heterocycles. The largest absolute Gasteiger partial charge is 0.480 e. The molecule has 0 atom stereocenters. The van der Waals surface area contributed by atoms with E-state index in [4.69, 9.17) is 16.8 Å². The summed E-state index contributed by atoms with van der Waals surface area (Å²) in [5.41, 5.74) is 1.45. The van der Waals surface area contributed by atoms with Gasteiger partial charge in [0.05, 0.1) is 11.2 Å². The van der Waals surface area contributed by atoms with Crippen molar-refractivity contribution in [3.63, 3.8) is 0 Å². The maximum Gasteiger partial charge on any atom is 0.296 e. The van der Waals surface area contributed by atoms with Gasteiger partial charge in [-0.25, -0.2) is 4.98 Å². The fraction of sp³-hybridized carbons (Fsp3) is 0.417. The summed E-state index contributed by atoms with van der Waals surface area (Å²) in [4.78, 5) is 8.11. The molecule has 2 N–H and O–H groups in total. The molecule has 0 amide bonds. The summed E-state index contributed by atoms with van der Waals surface area (Å²) >= 11 is 6.07. The maximum absolute atomic E-state index is 10.0. The number of aromatic nitrogens is 3. The average molecular weight is 283 g/mol. The fourth-order valence-electron chi connectivity index (χ4n) is 2.23. The van der Waals surface area contributed by atoms with Gasteiger partial charge in [-0.3, -0.25) is 4.57 Å². The summed E-state index contributed by atoms with van der Waals surface area (Å²) in [6, 6.07) is -0.0258. The van der Waals surface area contributed by atoms with Crippen LogP contribution in [0.25, 0.3) is 11.2 Å². The van der Waals surface area contributed by atoms with Crippen LogP contribution >= 0.6 is 11.6 Å². The molecule has 0 bridgehead atoms. The Kier molecular flexibility index (Phi) is 3.90. The average Bonchev–Trinajstić information content (AvgIpc) is 2.72. The van der Waals surface area contributed by atoms with Crippen LogP contribution in [0.5, 0.6) is 6.01 Å². The molecule has 0 unspecified atom stereocenters. The smallest absolute Gasteiger partial charge is 0.296 e. The quantitative estimate of drug-likeness (QED) is 0.513. The molecule has 19 heavy (non-hydrogen) atoms. The second-order valence-electron chi connectivity index (χ2n) is 4.19. The first-order valence-electron chi connectivity index (χ1n) is 6.06. The van der Waals surface area contributed by atoms with Gasteiger partial charge in [-0.05, 0) is 12.8 Å². The van der Waals surface area contributed by atoms with Crippen molar-refractivity contribution < 1.29 is 10.3 Å². The number of fused-ring (bicyclic) bond motifs is 1. The van der Waals surface area contributed by atoms with Gasteiger partial charge in [-0.15, -0.1) is 0 Å². The van der Waals surface area contributed by atoms with E-state index in [1.165, 1.54) is 12.4 Å². The molecule has 2 aromatic heterocycles. The lowest BCUT2D eigenvalue weighted by Gasteiger charge is -2.17. The van der Waals surface area contributed by atoms with E-state index >= 15 is 0 Å². The summed E-state index contributed by atoms with van der Waals surface area (Å²) in [7, 11) is 0. The first-order valence-corrected chi connectivity index (χ1v) is 6.44. The monoisotopic (exact) mass is 282 g/mol. The first kappa shape index (κ1) is 13.6. The third-order valence-corrected chi connectivity index (χ3v) is 3.48. The molecule has 0 saturated heterocycles. The molecule has 0 radical (unpaired) electrons. The number of rotatable bonds is 4. The zero-order chi connectivity index (χ0) is 14.0. The molecule has 0 aliphatic rings. The molecule has 0 spiro atoms. The highest BCUT2D eigenvalue weighted by Crippen LogP contribution is 2.31. The Morgan fingerprint density at radius 1 is 1.47 bits per heavy atom. The number of aromatic hydroxyl groups is 1. The number of nitrogens with zero attached hydrogens (tertiary/aromatic N) is 4. The molecule has 0 aromatic carbocycles. The van der Waals surface area contributed by atoms with Crippen LogP contribution in [-0.4, -0.2) is 31.1 Å². The van der Waals surface area contributed by atoms with Crippen LogP contribution in [0.2, 0.25) is 5.02 Å². The van der Waals surface area contributed by atoms with Crippen molar-refractivity contribution in [2.75, 3.05) is 0 Å². The Bertz CT molecular complexity index is 620. The Morgan fingerprint density at radius 2 is 2.16 bits per heavy atom. The van der Waals surface area contributed by atoms with Crippen LogP contribution in [-0.2, 0) is 0 Å². The highest BCUT2D eigenvalue weighted by molar-refractivity contribution is 6.34. The normalized spacial score (nSPS) is 12.0. The van der Waals surface area contributed by atoms with Crippen LogP contribution in [0.3, 0.4) is 0 Å². The summed E-state index contributed by atoms with van der Waals surface area (Å²) < 4.78 is 1.69. The summed E-state index contributed by atoms with van der Waals surface area (Å²) in [6.45, 7) is 4.05. The number of oxime groups is 1. The lowest BCUT2D eigenvalue weighted by molar-refractivity contribution is 0.322. The summed E-state index contributed by atoms with van der Waals surface area (Å²) in [5, 5.41) is 22.1. The van der Waals surface area contributed by atoms with Gasteiger partial charge in [-0.2, -0.15) is 4.98 Å². The summed E-state index contributed by atoms with van der Waals surface area (Å²) in [5.74, 6) is 0. The van der Waals surface area contributed by atoms with Crippen molar-refractivity contribution in [3.8, 4) is 6.01 Å². The Morgan fingerprint density at radius 3 is 2.74 bits per heavy atom. The van der Waals surface area contributed by atoms with E-state index in [1.54, 1.807) is 4.57 Å². The minimum Gasteiger partial charge on any atom is -0.480 e. The predicted molar refractivity (Wildman–Crippen MR) is 73.2 cm³/mol. The molecule has 0 aliphatic carbocycles. The topological polar surface area (TPSA) is 83.5 Å². The number of hydrogen-bond donors (Lipinski definition) is 2. The SMILES string of the molecule is CCC(CC)n1c(O)nc2ncc(Cl)c(/C=N/O)c21. The molecule has 102 valence electrons. The van der Waals surface area contributed by atoms with Gasteiger partial charge in [0.25, 0.3) is 6.01 Å². The minimum absolute atomic E-state index is 0.0797. The van der Waals surface area contributed by atoms with Gasteiger partial charge in [0.2, 0.25) is 0 Å². The Balaban J connectivity index is 2.82. The van der Waals surface area contributed by atoms with Crippen molar-refractivity contribution in [3.05, 3.63) is 16.8 Å². The third kappa shape index (κ3) is 2.23. The van der Waals surface area contributed by atoms with E-state index < -0.39 is 0 Å². The molecule has 0 fully saturated rings. The highest BCUT2D eigenvalue weighted by Gasteiger charge is 2.20. The van der Waals surface area contributed by atoms with E-state index in [2.05, 4.69) is 15.1 Å². The van der Waals surface area contributed by atoms with Crippen molar-refractivity contribution >= 4 is 29.0 Å². The van der Waals surface area contributed by atoms with Gasteiger partial charge in [0.15, 0.2) is 5.65 Å². The lowest BCUT2D eigenvalue weighted by Crippen LogP contribution is -2.08. The van der Waals surface area contributed by atoms with E-state index in [0.717, 1.165) is 12.8 Å². The number of halogens is 1. The maximum atomic E-state index is 10.0. The van der Waals surface area contributed by atoms with Gasteiger partial charge in [-0.1, -0.05) is 30.6 Å². The van der Waals surface area contributed by atoms with Crippen molar-refractivity contribution in [1.29, 1.82) is 0 Å². The number of pyridine rings is 1. The van der Waals surface area contributed by atoms with E-state index in [1.807, 2.05) is 13.8 Å². The van der Waals surface area contributed by atoms with E-state index in [9.17, 15) is 5.11 Å². The van der Waals surface area contributed by atoms with Crippen LogP contribution in [0.15, 0.2) is 11.4 Å². The molecule has 2 aromatic rings. The van der Waals surface area contributed by atoms with Crippen LogP contribution in [0.4, 0.5) is 0 Å². The van der Waals surface area contributed by atoms with E-state index in [0.29, 0.717) is 21.7 Å². The van der Waals surface area contributed by atoms with E-state index in [-0.39, 0.29) is 12.1 Å². The molecule has 7 heteroatoms. The molecule has 0 saturated carbocycles. The fourth-order valence-corrected chi connectivity index (χ4v) is 2.42. The van der Waals surface area contributed by atoms with Crippen molar-refractivity contribution in [1.82, 2.24) is 14.5 Å². The van der Waals surface area contributed by atoms with Gasteiger partial charge in [0, 0.05) is 17.8 Å². The Hall–Kier alpha value is -1.82. The standard InChI is InChI=1S/C12H15ClN4O2/c1-3-7(4-2)17-10-8(5-15-19)9(13)6-14-11(10)16-12(17)18/h5-7,19H,3-4H2,1-2H3,(H,14,16,18)/b15-5+. The van der Waals surface area contributed by atoms with Gasteiger partial charge in [0.1, 0.15) is 5.52 Å². The second kappa shape index (κ2) is 5.44. The van der Waals surface area contributed by atoms with Gasteiger partial charge < -0.3 is 10.3 Å². The van der Waals surface area contributed by atoms with Crippen molar-refractivity contribution in [2.24, 2.45) is 5.16 Å². The van der Waals surface area contributed by atoms with Crippen LogP contribution in [0, 0.1) is 0 Å². The van der Waals surface area contributed by atoms with Crippen LogP contribution < -0.4 is 0 Å². The third-order valence-electron chi connectivity index (χ3n) is 3.18. The van der Waals surface area contributed by atoms with Crippen molar-refractivity contribution in [2.45, 2.75) is 32.7 Å². The van der Waals surface area contributed by atoms with Gasteiger partial charge >= 0.3 is 0 Å². The summed E-state index contributed by atoms with van der Waals surface area (Å²) in [6.07, 6.45) is 4.31. The highest BCUT2D eigenvalue weighted by atomic mass is 35.5. The molecular weight excluding hydrogens is 268 g/mol. The lowest BCUT2D eigenvalue weighted by atomic mass is 10.1. The molecular formula is C12H15ClN4O2. The molecule has 0 aliphatic heterocycles.